The number of thioether (sulfide) groups is 1. The molecule has 1 fully saturated rings. The second-order valence-electron chi connectivity index (χ2n) is 7.25. The first-order valence-corrected chi connectivity index (χ1v) is 12.0. The van der Waals surface area contributed by atoms with Gasteiger partial charge in [-0.25, -0.2) is 4.39 Å². The molecule has 4 rings (SSSR count). The summed E-state index contributed by atoms with van der Waals surface area (Å²) in [5.74, 6) is -0.353. The molecule has 0 radical (unpaired) electrons. The lowest BCUT2D eigenvalue weighted by Gasteiger charge is -2.28. The lowest BCUT2D eigenvalue weighted by atomic mass is 10.2. The molecule has 3 aromatic rings. The molecular weight excluding hydrogens is 449 g/mol. The minimum absolute atomic E-state index is 0.0925. The van der Waals surface area contributed by atoms with Crippen LogP contribution in [0.15, 0.2) is 52.9 Å². The van der Waals surface area contributed by atoms with Crippen LogP contribution in [0.2, 0.25) is 0 Å². The minimum atomic E-state index is -0.327. The molecule has 1 saturated heterocycles. The predicted molar refractivity (Wildman–Crippen MR) is 127 cm³/mol. The number of ether oxygens (including phenoxy) is 1. The second-order valence-corrected chi connectivity index (χ2v) is 9.81. The molecule has 0 bridgehead atoms. The summed E-state index contributed by atoms with van der Waals surface area (Å²) in [5, 5.41) is 14.7. The maximum atomic E-state index is 13.0. The molecule has 0 unspecified atom stereocenters. The van der Waals surface area contributed by atoms with E-state index in [0.29, 0.717) is 16.0 Å². The average Bonchev–Trinajstić information content (AvgIpc) is 3.27. The van der Waals surface area contributed by atoms with E-state index in [4.69, 9.17) is 4.74 Å². The monoisotopic (exact) mass is 473 g/mol. The van der Waals surface area contributed by atoms with E-state index in [1.54, 1.807) is 12.1 Å². The van der Waals surface area contributed by atoms with E-state index in [-0.39, 0.29) is 17.0 Å². The Morgan fingerprint density at radius 2 is 1.88 bits per heavy atom. The van der Waals surface area contributed by atoms with Crippen LogP contribution in [0.4, 0.5) is 20.9 Å². The third kappa shape index (κ3) is 6.18. The number of nitrogens with one attached hydrogen (secondary N) is 2. The zero-order valence-electron chi connectivity index (χ0n) is 17.6. The normalized spacial score (nSPS) is 14.8. The van der Waals surface area contributed by atoms with Gasteiger partial charge in [-0.2, -0.15) is 0 Å². The van der Waals surface area contributed by atoms with Crippen molar-refractivity contribution in [3.8, 4) is 0 Å². The van der Waals surface area contributed by atoms with Crippen LogP contribution in [0, 0.1) is 5.82 Å². The summed E-state index contributed by atoms with van der Waals surface area (Å²) in [7, 11) is 0. The maximum Gasteiger partial charge on any atom is 0.237 e. The number of rotatable bonds is 8. The van der Waals surface area contributed by atoms with E-state index in [1.807, 2.05) is 31.2 Å². The van der Waals surface area contributed by atoms with Gasteiger partial charge in [0.05, 0.1) is 18.5 Å². The molecule has 1 atom stereocenters. The van der Waals surface area contributed by atoms with Gasteiger partial charge in [0.25, 0.3) is 0 Å². The van der Waals surface area contributed by atoms with Crippen LogP contribution in [0.5, 0.6) is 0 Å². The van der Waals surface area contributed by atoms with Crippen LogP contribution in [-0.2, 0) is 16.1 Å². The number of hydrogen-bond acceptors (Lipinski definition) is 8. The van der Waals surface area contributed by atoms with Gasteiger partial charge < -0.3 is 20.3 Å². The van der Waals surface area contributed by atoms with E-state index >= 15 is 0 Å². The van der Waals surface area contributed by atoms with Gasteiger partial charge in [0.1, 0.15) is 5.82 Å². The first kappa shape index (κ1) is 22.5. The summed E-state index contributed by atoms with van der Waals surface area (Å²) in [6.07, 6.45) is 0. The summed E-state index contributed by atoms with van der Waals surface area (Å²) in [5.41, 5.74) is 2.84. The largest absolute Gasteiger partial charge is 0.378 e. The van der Waals surface area contributed by atoms with Gasteiger partial charge in [-0.1, -0.05) is 35.2 Å². The lowest BCUT2D eigenvalue weighted by Crippen LogP contribution is -2.36. The molecule has 1 amide bonds. The van der Waals surface area contributed by atoms with Crippen LogP contribution < -0.4 is 15.5 Å². The summed E-state index contributed by atoms with van der Waals surface area (Å²) < 4.78 is 19.1. The Kier molecular flexibility index (Phi) is 7.56. The molecular formula is C22H24FN5O2S2. The van der Waals surface area contributed by atoms with Gasteiger partial charge in [0, 0.05) is 31.0 Å². The Morgan fingerprint density at radius 1 is 1.16 bits per heavy atom. The molecule has 0 aliphatic carbocycles. The summed E-state index contributed by atoms with van der Waals surface area (Å²) in [6, 6.07) is 14.2. The van der Waals surface area contributed by atoms with Crippen LogP contribution >= 0.6 is 23.1 Å². The minimum Gasteiger partial charge on any atom is -0.378 e. The third-order valence-electron chi connectivity index (χ3n) is 4.92. The molecule has 168 valence electrons. The standard InChI is InChI=1S/C22H24FN5O2S2/c1-15(20(29)25-18-6-8-19(9-7-18)28-10-12-30-13-11-28)31-22-27-26-21(32-22)24-14-16-2-4-17(23)5-3-16/h2-9,15H,10-14H2,1H3,(H,24,26)(H,25,29)/t15-/m0/s1. The van der Waals surface area contributed by atoms with Crippen LogP contribution in [0.3, 0.4) is 0 Å². The molecule has 2 aromatic carbocycles. The number of halogens is 1. The van der Waals surface area contributed by atoms with Gasteiger partial charge in [-0.05, 0) is 48.9 Å². The lowest BCUT2D eigenvalue weighted by molar-refractivity contribution is -0.115. The van der Waals surface area contributed by atoms with Crippen molar-refractivity contribution in [2.75, 3.05) is 41.8 Å². The van der Waals surface area contributed by atoms with Crippen molar-refractivity contribution < 1.29 is 13.9 Å². The van der Waals surface area contributed by atoms with Crippen molar-refractivity contribution in [2.24, 2.45) is 0 Å². The topological polar surface area (TPSA) is 79.4 Å². The van der Waals surface area contributed by atoms with Crippen molar-refractivity contribution in [3.63, 3.8) is 0 Å². The number of benzene rings is 2. The fourth-order valence-electron chi connectivity index (χ4n) is 3.13. The summed E-state index contributed by atoms with van der Waals surface area (Å²) >= 11 is 2.75. The zero-order valence-corrected chi connectivity index (χ0v) is 19.2. The SMILES string of the molecule is C[C@H](Sc1nnc(NCc2ccc(F)cc2)s1)C(=O)Nc1ccc(N2CCOCC2)cc1. The first-order chi connectivity index (χ1) is 15.6. The third-order valence-corrected chi connectivity index (χ3v) is 6.99. The van der Waals surface area contributed by atoms with Crippen molar-refractivity contribution in [1.82, 2.24) is 10.2 Å². The molecule has 1 aromatic heterocycles. The molecule has 32 heavy (non-hydrogen) atoms. The number of anilines is 3. The van der Waals surface area contributed by atoms with E-state index in [0.717, 1.165) is 43.2 Å². The highest BCUT2D eigenvalue weighted by Gasteiger charge is 2.18. The molecule has 2 N–H and O–H groups in total. The van der Waals surface area contributed by atoms with Crippen LogP contribution in [0.25, 0.3) is 0 Å². The summed E-state index contributed by atoms with van der Waals surface area (Å²) in [4.78, 5) is 14.9. The Labute approximate surface area is 194 Å². The van der Waals surface area contributed by atoms with Gasteiger partial charge >= 0.3 is 0 Å². The first-order valence-electron chi connectivity index (χ1n) is 10.3. The van der Waals surface area contributed by atoms with Gasteiger partial charge in [-0.3, -0.25) is 4.79 Å². The highest BCUT2D eigenvalue weighted by molar-refractivity contribution is 8.02. The fraction of sp³-hybridized carbons (Fsp3) is 0.318. The quantitative estimate of drug-likeness (QED) is 0.474. The predicted octanol–water partition coefficient (Wildman–Crippen LogP) is 4.25. The fourth-order valence-corrected chi connectivity index (χ4v) is 5.03. The molecule has 2 heterocycles. The number of hydrogen-bond donors (Lipinski definition) is 2. The van der Waals surface area contributed by atoms with Gasteiger partial charge in [-0.15, -0.1) is 10.2 Å². The van der Waals surface area contributed by atoms with E-state index in [9.17, 15) is 9.18 Å². The van der Waals surface area contributed by atoms with Gasteiger partial charge in [0.15, 0.2) is 4.34 Å². The molecule has 0 spiro atoms. The maximum absolute atomic E-state index is 13.0. The Hall–Kier alpha value is -2.69. The second kappa shape index (κ2) is 10.8. The Bertz CT molecular complexity index is 1020. The van der Waals surface area contributed by atoms with Crippen molar-refractivity contribution in [1.29, 1.82) is 0 Å². The molecule has 10 heteroatoms. The van der Waals surface area contributed by atoms with Gasteiger partial charge in [0.2, 0.25) is 11.0 Å². The Balaban J connectivity index is 1.25. The highest BCUT2D eigenvalue weighted by Crippen LogP contribution is 2.30. The number of morpholine rings is 1. The van der Waals surface area contributed by atoms with E-state index < -0.39 is 0 Å². The molecule has 0 saturated carbocycles. The summed E-state index contributed by atoms with van der Waals surface area (Å²) in [6.45, 7) is 5.60. The Morgan fingerprint density at radius 3 is 2.59 bits per heavy atom. The zero-order chi connectivity index (χ0) is 22.3. The number of carbonyl (C=O) groups is 1. The molecule has 1 aliphatic heterocycles. The van der Waals surface area contributed by atoms with Crippen molar-refractivity contribution >= 4 is 45.5 Å². The number of carbonyl (C=O) groups excluding carboxylic acids is 1. The smallest absolute Gasteiger partial charge is 0.237 e. The number of nitrogens with zero attached hydrogens (tertiary/aromatic N) is 3. The van der Waals surface area contributed by atoms with Crippen LogP contribution in [-0.4, -0.2) is 47.7 Å². The van der Waals surface area contributed by atoms with E-state index in [2.05, 4.69) is 25.7 Å². The van der Waals surface area contributed by atoms with Crippen molar-refractivity contribution in [3.05, 3.63) is 59.9 Å². The van der Waals surface area contributed by atoms with Crippen LogP contribution in [0.1, 0.15) is 12.5 Å². The van der Waals surface area contributed by atoms with Crippen molar-refractivity contribution in [2.45, 2.75) is 23.1 Å². The number of aromatic nitrogens is 2. The average molecular weight is 474 g/mol. The van der Waals surface area contributed by atoms with E-state index in [1.165, 1.54) is 35.2 Å². The molecule has 1 aliphatic rings. The molecule has 7 nitrogen and oxygen atoms in total. The number of amides is 1. The highest BCUT2D eigenvalue weighted by atomic mass is 32.2.